The molecule has 3 N–H and O–H groups in total. The van der Waals surface area contributed by atoms with Crippen LogP contribution in [0.25, 0.3) is 5.69 Å². The zero-order valence-electron chi connectivity index (χ0n) is 13.1. The number of nitrogens with zero attached hydrogens (tertiary/aromatic N) is 2. The fourth-order valence-corrected chi connectivity index (χ4v) is 1.88. The molecule has 2 rings (SSSR count). The Morgan fingerprint density at radius 3 is 2.45 bits per heavy atom. The summed E-state index contributed by atoms with van der Waals surface area (Å²) in [7, 11) is 0. The number of hydrogen-bond acceptors (Lipinski definition) is 3. The van der Waals surface area contributed by atoms with Gasteiger partial charge in [0.1, 0.15) is 0 Å². The van der Waals surface area contributed by atoms with E-state index in [4.69, 9.17) is 5.73 Å². The van der Waals surface area contributed by atoms with Crippen molar-refractivity contribution in [3.05, 3.63) is 48.3 Å². The van der Waals surface area contributed by atoms with Crippen LogP contribution in [0, 0.1) is 5.41 Å². The van der Waals surface area contributed by atoms with Gasteiger partial charge in [-0.2, -0.15) is 5.10 Å². The van der Waals surface area contributed by atoms with Gasteiger partial charge in [0.25, 0.3) is 0 Å². The molecule has 0 radical (unpaired) electrons. The van der Waals surface area contributed by atoms with Crippen molar-refractivity contribution in [3.63, 3.8) is 0 Å². The van der Waals surface area contributed by atoms with Crippen LogP contribution >= 0.6 is 12.4 Å². The molecule has 0 fully saturated rings. The van der Waals surface area contributed by atoms with Crippen LogP contribution in [-0.2, 0) is 11.3 Å². The fourth-order valence-electron chi connectivity index (χ4n) is 1.88. The maximum Gasteiger partial charge on any atom is 0.237 e. The Hall–Kier alpha value is -1.85. The maximum absolute atomic E-state index is 12.0. The average Bonchev–Trinajstić information content (AvgIpc) is 2.97. The summed E-state index contributed by atoms with van der Waals surface area (Å²) < 4.78 is 1.79. The highest BCUT2D eigenvalue weighted by molar-refractivity contribution is 5.85. The predicted octanol–water partition coefficient (Wildman–Crippen LogP) is 2.28. The second-order valence-electron chi connectivity index (χ2n) is 6.18. The molecule has 0 aliphatic rings. The molecule has 1 heterocycles. The number of nitrogens with two attached hydrogens (primary N) is 1. The van der Waals surface area contributed by atoms with Crippen LogP contribution < -0.4 is 11.1 Å². The summed E-state index contributed by atoms with van der Waals surface area (Å²) in [6, 6.07) is 9.25. The van der Waals surface area contributed by atoms with Crippen LogP contribution in [0.15, 0.2) is 42.7 Å². The monoisotopic (exact) mass is 322 g/mol. The van der Waals surface area contributed by atoms with Gasteiger partial charge < -0.3 is 11.1 Å². The molecular weight excluding hydrogens is 300 g/mol. The van der Waals surface area contributed by atoms with Gasteiger partial charge in [-0.3, -0.25) is 4.79 Å². The molecule has 0 unspecified atom stereocenters. The molecule has 1 amide bonds. The van der Waals surface area contributed by atoms with Gasteiger partial charge >= 0.3 is 0 Å². The largest absolute Gasteiger partial charge is 0.351 e. The molecule has 1 atom stereocenters. The van der Waals surface area contributed by atoms with Crippen LogP contribution in [0.4, 0.5) is 0 Å². The highest BCUT2D eigenvalue weighted by Gasteiger charge is 2.26. The number of hydrogen-bond donors (Lipinski definition) is 2. The summed E-state index contributed by atoms with van der Waals surface area (Å²) in [5, 5.41) is 7.04. The third-order valence-electron chi connectivity index (χ3n) is 3.39. The minimum Gasteiger partial charge on any atom is -0.351 e. The quantitative estimate of drug-likeness (QED) is 0.907. The number of rotatable bonds is 4. The van der Waals surface area contributed by atoms with E-state index in [0.29, 0.717) is 6.54 Å². The van der Waals surface area contributed by atoms with Gasteiger partial charge in [-0.25, -0.2) is 4.68 Å². The lowest BCUT2D eigenvalue weighted by Gasteiger charge is -2.25. The summed E-state index contributed by atoms with van der Waals surface area (Å²) in [6.45, 7) is 6.34. The average molecular weight is 323 g/mol. The number of benzene rings is 1. The topological polar surface area (TPSA) is 72.9 Å². The molecule has 0 bridgehead atoms. The number of nitrogens with one attached hydrogen (secondary N) is 1. The summed E-state index contributed by atoms with van der Waals surface area (Å²) in [5.41, 5.74) is 7.70. The Morgan fingerprint density at radius 2 is 1.95 bits per heavy atom. The van der Waals surface area contributed by atoms with Crippen molar-refractivity contribution in [1.82, 2.24) is 15.1 Å². The Labute approximate surface area is 137 Å². The molecule has 6 heteroatoms. The first kappa shape index (κ1) is 18.2. The van der Waals surface area contributed by atoms with E-state index in [9.17, 15) is 4.79 Å². The summed E-state index contributed by atoms with van der Waals surface area (Å²) in [6.07, 6.45) is 3.63. The van der Waals surface area contributed by atoms with Crippen LogP contribution in [0.5, 0.6) is 0 Å². The Morgan fingerprint density at radius 1 is 1.32 bits per heavy atom. The Bertz CT molecular complexity index is 588. The number of amides is 1. The second kappa shape index (κ2) is 7.42. The molecule has 1 aromatic carbocycles. The van der Waals surface area contributed by atoms with Crippen LogP contribution in [0.1, 0.15) is 26.3 Å². The molecule has 0 saturated heterocycles. The smallest absolute Gasteiger partial charge is 0.237 e. The third-order valence-corrected chi connectivity index (χ3v) is 3.39. The van der Waals surface area contributed by atoms with Crippen molar-refractivity contribution in [2.24, 2.45) is 11.1 Å². The highest BCUT2D eigenvalue weighted by atomic mass is 35.5. The van der Waals surface area contributed by atoms with Crippen LogP contribution in [0.2, 0.25) is 0 Å². The minimum atomic E-state index is -0.513. The van der Waals surface area contributed by atoms with E-state index in [0.717, 1.165) is 11.3 Å². The van der Waals surface area contributed by atoms with E-state index in [1.165, 1.54) is 0 Å². The zero-order valence-corrected chi connectivity index (χ0v) is 13.9. The van der Waals surface area contributed by atoms with Crippen molar-refractivity contribution in [2.45, 2.75) is 33.4 Å². The maximum atomic E-state index is 12.0. The third kappa shape index (κ3) is 4.58. The van der Waals surface area contributed by atoms with Crippen molar-refractivity contribution in [1.29, 1.82) is 0 Å². The Balaban J connectivity index is 0.00000242. The normalized spacial score (nSPS) is 12.4. The molecule has 120 valence electrons. The van der Waals surface area contributed by atoms with E-state index in [-0.39, 0.29) is 23.7 Å². The van der Waals surface area contributed by atoms with Gasteiger partial charge in [-0.05, 0) is 29.2 Å². The summed E-state index contributed by atoms with van der Waals surface area (Å²) in [5.74, 6) is -0.126. The van der Waals surface area contributed by atoms with Crippen LogP contribution in [0.3, 0.4) is 0 Å². The standard InChI is InChI=1S/C16H22N4O.ClH/c1-16(2,3)14(17)15(21)18-11-12-5-7-13(8-6-12)20-10-4-9-19-20;/h4-10,14H,11,17H2,1-3H3,(H,18,21);1H/t14-;/m1./s1. The molecular formula is C16H23ClN4O. The first-order chi connectivity index (χ1) is 9.88. The van der Waals surface area contributed by atoms with Crippen molar-refractivity contribution in [3.8, 4) is 5.69 Å². The minimum absolute atomic E-state index is 0. The fraction of sp³-hybridized carbons (Fsp3) is 0.375. The van der Waals surface area contributed by atoms with Gasteiger partial charge in [-0.1, -0.05) is 32.9 Å². The number of carbonyl (C=O) groups excluding carboxylic acids is 1. The number of halogens is 1. The molecule has 0 aliphatic carbocycles. The molecule has 2 aromatic rings. The van der Waals surface area contributed by atoms with Crippen molar-refractivity contribution in [2.75, 3.05) is 0 Å². The van der Waals surface area contributed by atoms with E-state index >= 15 is 0 Å². The first-order valence-electron chi connectivity index (χ1n) is 7.00. The van der Waals surface area contributed by atoms with E-state index in [1.54, 1.807) is 10.9 Å². The van der Waals surface area contributed by atoms with Gasteiger partial charge in [0.15, 0.2) is 0 Å². The second-order valence-corrected chi connectivity index (χ2v) is 6.18. The Kier molecular flexibility index (Phi) is 6.14. The van der Waals surface area contributed by atoms with Gasteiger partial charge in [0.05, 0.1) is 11.7 Å². The van der Waals surface area contributed by atoms with E-state index in [2.05, 4.69) is 10.4 Å². The molecule has 0 spiro atoms. The van der Waals surface area contributed by atoms with Gasteiger partial charge in [-0.15, -0.1) is 12.4 Å². The molecule has 5 nitrogen and oxygen atoms in total. The number of aromatic nitrogens is 2. The SMILES string of the molecule is CC(C)(C)[C@H](N)C(=O)NCc1ccc(-n2cccn2)cc1.Cl. The lowest BCUT2D eigenvalue weighted by molar-refractivity contribution is -0.124. The summed E-state index contributed by atoms with van der Waals surface area (Å²) in [4.78, 5) is 12.0. The van der Waals surface area contributed by atoms with Crippen molar-refractivity contribution < 1.29 is 4.79 Å². The van der Waals surface area contributed by atoms with Gasteiger partial charge in [0, 0.05) is 18.9 Å². The first-order valence-corrected chi connectivity index (χ1v) is 7.00. The van der Waals surface area contributed by atoms with Crippen LogP contribution in [-0.4, -0.2) is 21.7 Å². The zero-order chi connectivity index (χ0) is 15.5. The van der Waals surface area contributed by atoms with E-state index < -0.39 is 6.04 Å². The highest BCUT2D eigenvalue weighted by Crippen LogP contribution is 2.17. The molecule has 22 heavy (non-hydrogen) atoms. The van der Waals surface area contributed by atoms with E-state index in [1.807, 2.05) is 57.3 Å². The van der Waals surface area contributed by atoms with Gasteiger partial charge in [0.2, 0.25) is 5.91 Å². The lowest BCUT2D eigenvalue weighted by Crippen LogP contribution is -2.48. The molecule has 0 saturated carbocycles. The summed E-state index contributed by atoms with van der Waals surface area (Å²) >= 11 is 0. The lowest BCUT2D eigenvalue weighted by atomic mass is 9.87. The van der Waals surface area contributed by atoms with Crippen molar-refractivity contribution >= 4 is 18.3 Å². The molecule has 1 aromatic heterocycles. The molecule has 0 aliphatic heterocycles. The predicted molar refractivity (Wildman–Crippen MR) is 90.1 cm³/mol. The number of carbonyl (C=O) groups is 1.